The van der Waals surface area contributed by atoms with E-state index in [4.69, 9.17) is 4.74 Å². The molecule has 0 amide bonds. The minimum atomic E-state index is 0.508. The van der Waals surface area contributed by atoms with Gasteiger partial charge in [0.1, 0.15) is 5.52 Å². The van der Waals surface area contributed by atoms with E-state index in [1.807, 2.05) is 0 Å². The van der Waals surface area contributed by atoms with Crippen LogP contribution in [0.2, 0.25) is 0 Å². The van der Waals surface area contributed by atoms with Gasteiger partial charge in [-0.1, -0.05) is 0 Å². The maximum Gasteiger partial charge on any atom is 0.231 e. The van der Waals surface area contributed by atoms with Crippen LogP contribution >= 0.6 is 0 Å². The van der Waals surface area contributed by atoms with Crippen molar-refractivity contribution in [1.29, 1.82) is 0 Å². The van der Waals surface area contributed by atoms with Crippen molar-refractivity contribution >= 4 is 17.1 Å². The summed E-state index contributed by atoms with van der Waals surface area (Å²) in [6, 6.07) is 0. The van der Waals surface area contributed by atoms with Crippen molar-refractivity contribution in [3.63, 3.8) is 0 Å². The molecule has 4 heterocycles. The Kier molecular flexibility index (Phi) is 1.75. The van der Waals surface area contributed by atoms with Gasteiger partial charge in [-0.05, 0) is 5.57 Å². The van der Waals surface area contributed by atoms with E-state index in [2.05, 4.69) is 31.0 Å². The monoisotopic (exact) mass is 229 g/mol. The summed E-state index contributed by atoms with van der Waals surface area (Å²) < 4.78 is 5.40. The molecule has 2 aromatic rings. The highest BCUT2D eigenvalue weighted by Crippen LogP contribution is 2.29. The van der Waals surface area contributed by atoms with E-state index in [9.17, 15) is 0 Å². The van der Waals surface area contributed by atoms with Crippen LogP contribution in [-0.2, 0) is 4.74 Å². The van der Waals surface area contributed by atoms with Gasteiger partial charge in [-0.15, -0.1) is 0 Å². The standard InChI is InChI=1S/C11H11N5O/c1-9-10(14-6-13-9)15-11(12-1)16-2-7-4-17-5-8(7)3-16/h1-2,6,8H,3-5H2,(H,12,13,14,15). The van der Waals surface area contributed by atoms with Crippen LogP contribution in [0.25, 0.3) is 11.2 Å². The van der Waals surface area contributed by atoms with Gasteiger partial charge in [0.05, 0.1) is 25.7 Å². The molecular weight excluding hydrogens is 218 g/mol. The Bertz CT molecular complexity index is 605. The van der Waals surface area contributed by atoms with Crippen molar-refractivity contribution in [2.45, 2.75) is 0 Å². The molecule has 0 saturated carbocycles. The largest absolute Gasteiger partial charge is 0.376 e. The number of nitrogens with one attached hydrogen (secondary N) is 1. The highest BCUT2D eigenvalue weighted by molar-refractivity contribution is 5.70. The van der Waals surface area contributed by atoms with Gasteiger partial charge in [0.2, 0.25) is 5.95 Å². The van der Waals surface area contributed by atoms with Crippen LogP contribution in [0.3, 0.4) is 0 Å². The van der Waals surface area contributed by atoms with Crippen molar-refractivity contribution in [2.24, 2.45) is 5.92 Å². The van der Waals surface area contributed by atoms with Gasteiger partial charge in [-0.3, -0.25) is 0 Å². The summed E-state index contributed by atoms with van der Waals surface area (Å²) in [6.45, 7) is 2.46. The topological polar surface area (TPSA) is 66.9 Å². The molecule has 6 heteroatoms. The Hall–Kier alpha value is -1.95. The van der Waals surface area contributed by atoms with Crippen molar-refractivity contribution in [1.82, 2.24) is 19.9 Å². The number of anilines is 1. The Labute approximate surface area is 97.3 Å². The number of ether oxygens (including phenoxy) is 1. The van der Waals surface area contributed by atoms with E-state index in [-0.39, 0.29) is 0 Å². The van der Waals surface area contributed by atoms with Gasteiger partial charge in [0.25, 0.3) is 0 Å². The van der Waals surface area contributed by atoms with E-state index in [0.29, 0.717) is 17.5 Å². The molecule has 1 N–H and O–H groups in total. The van der Waals surface area contributed by atoms with Gasteiger partial charge in [-0.25, -0.2) is 9.97 Å². The second-order valence-corrected chi connectivity index (χ2v) is 4.38. The average molecular weight is 229 g/mol. The normalized spacial score (nSPS) is 23.2. The zero-order valence-corrected chi connectivity index (χ0v) is 9.13. The predicted octanol–water partition coefficient (Wildman–Crippen LogP) is 0.703. The first-order chi connectivity index (χ1) is 8.40. The summed E-state index contributed by atoms with van der Waals surface area (Å²) >= 11 is 0. The van der Waals surface area contributed by atoms with Crippen LogP contribution < -0.4 is 4.90 Å². The molecule has 6 nitrogen and oxygen atoms in total. The van der Waals surface area contributed by atoms with Crippen LogP contribution in [0.1, 0.15) is 0 Å². The smallest absolute Gasteiger partial charge is 0.231 e. The minimum absolute atomic E-state index is 0.508. The van der Waals surface area contributed by atoms with Crippen LogP contribution in [0.15, 0.2) is 24.3 Å². The lowest BCUT2D eigenvalue weighted by atomic mass is 10.1. The lowest BCUT2D eigenvalue weighted by Crippen LogP contribution is -2.20. The fourth-order valence-electron chi connectivity index (χ4n) is 2.35. The Morgan fingerprint density at radius 1 is 1.41 bits per heavy atom. The third-order valence-electron chi connectivity index (χ3n) is 3.27. The van der Waals surface area contributed by atoms with E-state index < -0.39 is 0 Å². The average Bonchev–Trinajstić information content (AvgIpc) is 3.02. The quantitative estimate of drug-likeness (QED) is 0.779. The summed E-state index contributed by atoms with van der Waals surface area (Å²) in [6.07, 6.45) is 5.51. The molecule has 17 heavy (non-hydrogen) atoms. The van der Waals surface area contributed by atoms with Gasteiger partial charge in [-0.2, -0.15) is 4.98 Å². The molecule has 0 aromatic carbocycles. The van der Waals surface area contributed by atoms with Gasteiger partial charge >= 0.3 is 0 Å². The first kappa shape index (κ1) is 9.12. The van der Waals surface area contributed by atoms with Gasteiger partial charge < -0.3 is 14.6 Å². The zero-order valence-electron chi connectivity index (χ0n) is 9.13. The molecule has 2 aromatic heterocycles. The van der Waals surface area contributed by atoms with Crippen molar-refractivity contribution in [3.05, 3.63) is 24.3 Å². The number of H-pyrrole nitrogens is 1. The molecule has 86 valence electrons. The molecule has 0 radical (unpaired) electrons. The number of imidazole rings is 1. The van der Waals surface area contributed by atoms with Crippen LogP contribution in [-0.4, -0.2) is 39.7 Å². The van der Waals surface area contributed by atoms with E-state index in [1.54, 1.807) is 12.5 Å². The number of rotatable bonds is 1. The summed E-state index contributed by atoms with van der Waals surface area (Å²) in [5, 5.41) is 0. The second-order valence-electron chi connectivity index (χ2n) is 4.38. The molecule has 2 aliphatic rings. The fourth-order valence-corrected chi connectivity index (χ4v) is 2.35. The van der Waals surface area contributed by atoms with Crippen molar-refractivity contribution < 1.29 is 4.74 Å². The minimum Gasteiger partial charge on any atom is -0.376 e. The number of hydrogen-bond acceptors (Lipinski definition) is 5. The molecule has 2 aliphatic heterocycles. The van der Waals surface area contributed by atoms with Crippen LogP contribution in [0, 0.1) is 5.92 Å². The number of hydrogen-bond donors (Lipinski definition) is 1. The lowest BCUT2D eigenvalue weighted by Gasteiger charge is -2.14. The Morgan fingerprint density at radius 2 is 2.41 bits per heavy atom. The van der Waals surface area contributed by atoms with Crippen LogP contribution in [0.4, 0.5) is 5.95 Å². The van der Waals surface area contributed by atoms with E-state index in [0.717, 1.165) is 25.3 Å². The summed E-state index contributed by atoms with van der Waals surface area (Å²) in [5.74, 6) is 1.22. The third-order valence-corrected chi connectivity index (χ3v) is 3.27. The number of aromatic nitrogens is 4. The lowest BCUT2D eigenvalue weighted by molar-refractivity contribution is 0.188. The van der Waals surface area contributed by atoms with Gasteiger partial charge in [0, 0.05) is 18.7 Å². The fraction of sp³-hybridized carbons (Fsp3) is 0.364. The van der Waals surface area contributed by atoms with E-state index in [1.165, 1.54) is 5.57 Å². The molecule has 1 atom stereocenters. The number of aromatic amines is 1. The third kappa shape index (κ3) is 1.34. The molecule has 0 aliphatic carbocycles. The van der Waals surface area contributed by atoms with E-state index >= 15 is 0 Å². The molecule has 1 fully saturated rings. The summed E-state index contributed by atoms with van der Waals surface area (Å²) in [4.78, 5) is 18.0. The maximum atomic E-state index is 5.40. The zero-order chi connectivity index (χ0) is 11.2. The highest BCUT2D eigenvalue weighted by atomic mass is 16.5. The SMILES string of the molecule is C1=C2COCC2CN1c1ncc2[nH]cnc2n1. The molecular formula is C11H11N5O. The Morgan fingerprint density at radius 3 is 3.35 bits per heavy atom. The van der Waals surface area contributed by atoms with Crippen molar-refractivity contribution in [3.8, 4) is 0 Å². The first-order valence-electron chi connectivity index (χ1n) is 5.61. The highest BCUT2D eigenvalue weighted by Gasteiger charge is 2.30. The molecule has 0 bridgehead atoms. The maximum absolute atomic E-state index is 5.40. The summed E-state index contributed by atoms with van der Waals surface area (Å²) in [7, 11) is 0. The van der Waals surface area contributed by atoms with Crippen LogP contribution in [0.5, 0.6) is 0 Å². The Balaban J connectivity index is 1.72. The molecule has 4 rings (SSSR count). The molecule has 1 saturated heterocycles. The molecule has 0 spiro atoms. The van der Waals surface area contributed by atoms with Gasteiger partial charge in [0.15, 0.2) is 5.65 Å². The summed E-state index contributed by atoms with van der Waals surface area (Å²) in [5.41, 5.74) is 2.92. The number of fused-ring (bicyclic) bond motifs is 2. The second kappa shape index (κ2) is 3.27. The predicted molar refractivity (Wildman–Crippen MR) is 61.4 cm³/mol. The van der Waals surface area contributed by atoms with Crippen molar-refractivity contribution in [2.75, 3.05) is 24.7 Å². The molecule has 1 unspecified atom stereocenters. The first-order valence-corrected chi connectivity index (χ1v) is 5.61. The number of nitrogens with zero attached hydrogens (tertiary/aromatic N) is 4.